The van der Waals surface area contributed by atoms with Crippen LogP contribution in [0.5, 0.6) is 0 Å². The molecule has 0 spiro atoms. The number of hydrogen-bond donors (Lipinski definition) is 2. The molecule has 4 amide bonds. The van der Waals surface area contributed by atoms with Gasteiger partial charge in [0.15, 0.2) is 0 Å². The smallest absolute Gasteiger partial charge is 0.307 e. The van der Waals surface area contributed by atoms with Gasteiger partial charge in [-0.2, -0.15) is 0 Å². The summed E-state index contributed by atoms with van der Waals surface area (Å²) >= 11 is 0. The monoisotopic (exact) mass is 332 g/mol. The Kier molecular flexibility index (Phi) is 5.01. The maximum atomic E-state index is 12.7. The number of nitrogens with zero attached hydrogens (tertiary/aromatic N) is 2. The van der Waals surface area contributed by atoms with Crippen molar-refractivity contribution in [1.29, 1.82) is 0 Å². The number of urea groups is 2. The molecule has 0 aliphatic carbocycles. The summed E-state index contributed by atoms with van der Waals surface area (Å²) < 4.78 is 0. The number of amides is 4. The van der Waals surface area contributed by atoms with Crippen molar-refractivity contribution in [3.05, 3.63) is 85.1 Å². The van der Waals surface area contributed by atoms with Crippen molar-refractivity contribution in [2.75, 3.05) is 15.5 Å². The third-order valence-corrected chi connectivity index (χ3v) is 3.35. The Morgan fingerprint density at radius 3 is 1.96 bits per heavy atom. The van der Waals surface area contributed by atoms with Gasteiger partial charge in [-0.05, 0) is 36.4 Å². The SMILES string of the molecule is O=C(Nc1ccccc1)N(C(=O)Nc1ccccn1)c1ccccc1. The first-order valence-corrected chi connectivity index (χ1v) is 7.67. The lowest BCUT2D eigenvalue weighted by molar-refractivity contribution is 0.246. The fraction of sp³-hybridized carbons (Fsp3) is 0. The molecule has 0 saturated heterocycles. The van der Waals surface area contributed by atoms with Crippen molar-refractivity contribution in [2.24, 2.45) is 0 Å². The molecule has 0 radical (unpaired) electrons. The first-order chi connectivity index (χ1) is 12.2. The van der Waals surface area contributed by atoms with Gasteiger partial charge in [-0.3, -0.25) is 5.32 Å². The second kappa shape index (κ2) is 7.74. The van der Waals surface area contributed by atoms with Crippen LogP contribution in [0, 0.1) is 0 Å². The van der Waals surface area contributed by atoms with E-state index in [1.807, 2.05) is 12.1 Å². The minimum absolute atomic E-state index is 0.362. The van der Waals surface area contributed by atoms with Gasteiger partial charge in [0.2, 0.25) is 0 Å². The molecule has 0 bridgehead atoms. The quantitative estimate of drug-likeness (QED) is 0.748. The van der Waals surface area contributed by atoms with Crippen molar-refractivity contribution >= 4 is 29.3 Å². The lowest BCUT2D eigenvalue weighted by atomic mass is 10.3. The zero-order valence-electron chi connectivity index (χ0n) is 13.3. The van der Waals surface area contributed by atoms with Crippen LogP contribution in [0.4, 0.5) is 26.8 Å². The molecular formula is C19H16N4O2. The lowest BCUT2D eigenvalue weighted by Crippen LogP contribution is -2.43. The van der Waals surface area contributed by atoms with Gasteiger partial charge in [0.05, 0.1) is 5.69 Å². The maximum Gasteiger partial charge on any atom is 0.335 e. The average molecular weight is 332 g/mol. The summed E-state index contributed by atoms with van der Waals surface area (Å²) in [6.07, 6.45) is 1.56. The highest BCUT2D eigenvalue weighted by atomic mass is 16.2. The van der Waals surface area contributed by atoms with Gasteiger partial charge >= 0.3 is 12.1 Å². The summed E-state index contributed by atoms with van der Waals surface area (Å²) in [4.78, 5) is 30.4. The van der Waals surface area contributed by atoms with Crippen LogP contribution < -0.4 is 15.5 Å². The summed E-state index contributed by atoms with van der Waals surface area (Å²) in [6, 6.07) is 21.6. The summed E-state index contributed by atoms with van der Waals surface area (Å²) in [5, 5.41) is 5.34. The number of carbonyl (C=O) groups is 2. The van der Waals surface area contributed by atoms with Crippen LogP contribution in [0.25, 0.3) is 0 Å². The van der Waals surface area contributed by atoms with Crippen molar-refractivity contribution in [2.45, 2.75) is 0 Å². The number of imide groups is 1. The van der Waals surface area contributed by atoms with Gasteiger partial charge in [0.1, 0.15) is 5.82 Å². The van der Waals surface area contributed by atoms with E-state index in [-0.39, 0.29) is 0 Å². The molecule has 0 saturated carbocycles. The number of benzene rings is 2. The minimum Gasteiger partial charge on any atom is -0.307 e. The number of aromatic nitrogens is 1. The van der Waals surface area contributed by atoms with E-state index in [2.05, 4.69) is 15.6 Å². The summed E-state index contributed by atoms with van der Waals surface area (Å²) in [6.45, 7) is 0. The number of anilines is 3. The fourth-order valence-corrected chi connectivity index (χ4v) is 2.21. The molecule has 1 aromatic heterocycles. The molecule has 0 aliphatic rings. The zero-order chi connectivity index (χ0) is 17.5. The van der Waals surface area contributed by atoms with Crippen LogP contribution in [0.1, 0.15) is 0 Å². The van der Waals surface area contributed by atoms with Crippen LogP contribution in [0.2, 0.25) is 0 Å². The highest BCUT2D eigenvalue weighted by molar-refractivity contribution is 6.21. The van der Waals surface area contributed by atoms with Gasteiger partial charge < -0.3 is 5.32 Å². The average Bonchev–Trinajstić information content (AvgIpc) is 2.64. The lowest BCUT2D eigenvalue weighted by Gasteiger charge is -2.21. The number of para-hydroxylation sites is 2. The van der Waals surface area contributed by atoms with Crippen molar-refractivity contribution in [3.8, 4) is 0 Å². The van der Waals surface area contributed by atoms with Crippen LogP contribution in [-0.4, -0.2) is 17.0 Å². The number of pyridine rings is 1. The highest BCUT2D eigenvalue weighted by Gasteiger charge is 2.24. The van der Waals surface area contributed by atoms with E-state index in [0.29, 0.717) is 17.2 Å². The second-order valence-corrected chi connectivity index (χ2v) is 5.11. The van der Waals surface area contributed by atoms with Gasteiger partial charge in [-0.1, -0.05) is 42.5 Å². The standard InChI is InChI=1S/C19H16N4O2/c24-18(21-15-9-3-1-4-10-15)23(16-11-5-2-6-12-16)19(25)22-17-13-7-8-14-20-17/h1-14H,(H,21,24)(H,20,22,25). The van der Waals surface area contributed by atoms with Gasteiger partial charge in [-0.25, -0.2) is 19.5 Å². The molecule has 1 heterocycles. The Bertz CT molecular complexity index is 786. The molecule has 25 heavy (non-hydrogen) atoms. The molecule has 0 atom stereocenters. The topological polar surface area (TPSA) is 74.3 Å². The predicted octanol–water partition coefficient (Wildman–Crippen LogP) is 4.35. The van der Waals surface area contributed by atoms with Crippen LogP contribution in [0.15, 0.2) is 85.1 Å². The number of hydrogen-bond acceptors (Lipinski definition) is 3. The van der Waals surface area contributed by atoms with E-state index in [0.717, 1.165) is 4.90 Å². The largest absolute Gasteiger partial charge is 0.335 e. The zero-order valence-corrected chi connectivity index (χ0v) is 13.3. The fourth-order valence-electron chi connectivity index (χ4n) is 2.21. The highest BCUT2D eigenvalue weighted by Crippen LogP contribution is 2.17. The maximum absolute atomic E-state index is 12.7. The molecule has 0 fully saturated rings. The first kappa shape index (κ1) is 16.2. The number of nitrogens with one attached hydrogen (secondary N) is 2. The third-order valence-electron chi connectivity index (χ3n) is 3.35. The minimum atomic E-state index is -0.599. The summed E-state index contributed by atoms with van der Waals surface area (Å²) in [5.41, 5.74) is 1.04. The number of carbonyl (C=O) groups excluding carboxylic acids is 2. The van der Waals surface area contributed by atoms with Crippen LogP contribution >= 0.6 is 0 Å². The molecular weight excluding hydrogens is 316 g/mol. The Morgan fingerprint density at radius 1 is 0.720 bits per heavy atom. The van der Waals surface area contributed by atoms with Crippen molar-refractivity contribution < 1.29 is 9.59 Å². The molecule has 3 rings (SSSR count). The van der Waals surface area contributed by atoms with Crippen LogP contribution in [-0.2, 0) is 0 Å². The normalized spacial score (nSPS) is 9.92. The molecule has 3 aromatic rings. The van der Waals surface area contributed by atoms with E-state index >= 15 is 0 Å². The Balaban J connectivity index is 1.85. The van der Waals surface area contributed by atoms with Gasteiger partial charge in [-0.15, -0.1) is 0 Å². The number of rotatable bonds is 3. The predicted molar refractivity (Wildman–Crippen MR) is 97.6 cm³/mol. The van der Waals surface area contributed by atoms with E-state index in [9.17, 15) is 9.59 Å². The van der Waals surface area contributed by atoms with Gasteiger partial charge in [0.25, 0.3) is 0 Å². The molecule has 124 valence electrons. The van der Waals surface area contributed by atoms with E-state index in [1.165, 1.54) is 0 Å². The Labute approximate surface area is 145 Å². The van der Waals surface area contributed by atoms with Crippen LogP contribution in [0.3, 0.4) is 0 Å². The molecule has 0 unspecified atom stereocenters. The summed E-state index contributed by atoms with van der Waals surface area (Å²) in [7, 11) is 0. The molecule has 6 nitrogen and oxygen atoms in total. The Hall–Kier alpha value is -3.67. The van der Waals surface area contributed by atoms with Crippen molar-refractivity contribution in [1.82, 2.24) is 4.98 Å². The van der Waals surface area contributed by atoms with E-state index < -0.39 is 12.1 Å². The van der Waals surface area contributed by atoms with E-state index in [1.54, 1.807) is 72.9 Å². The molecule has 2 aromatic carbocycles. The second-order valence-electron chi connectivity index (χ2n) is 5.11. The summed E-state index contributed by atoms with van der Waals surface area (Å²) in [5.74, 6) is 0.362. The first-order valence-electron chi connectivity index (χ1n) is 7.67. The molecule has 6 heteroatoms. The van der Waals surface area contributed by atoms with Crippen molar-refractivity contribution in [3.63, 3.8) is 0 Å². The molecule has 0 aliphatic heterocycles. The van der Waals surface area contributed by atoms with E-state index in [4.69, 9.17) is 0 Å². The Morgan fingerprint density at radius 2 is 1.32 bits per heavy atom. The molecule has 2 N–H and O–H groups in total. The van der Waals surface area contributed by atoms with Gasteiger partial charge in [0, 0.05) is 11.9 Å². The third kappa shape index (κ3) is 4.20.